The molecule has 0 aliphatic carbocycles. The Morgan fingerprint density at radius 1 is 1.39 bits per heavy atom. The van der Waals surface area contributed by atoms with Crippen LogP contribution in [0, 0.1) is 5.82 Å². The molecule has 0 saturated heterocycles. The molecule has 0 aromatic heterocycles. The van der Waals surface area contributed by atoms with Crippen LogP contribution in [0.4, 0.5) is 4.39 Å². The normalized spacial score (nSPS) is 11.8. The van der Waals surface area contributed by atoms with Crippen LogP contribution in [-0.4, -0.2) is 12.6 Å². The van der Waals surface area contributed by atoms with Crippen LogP contribution in [0.2, 0.25) is 5.02 Å². The fourth-order valence-electron chi connectivity index (χ4n) is 1.48. The molecule has 0 radical (unpaired) electrons. The van der Waals surface area contributed by atoms with Gasteiger partial charge in [-0.15, -0.1) is 12.4 Å². The molecule has 0 heterocycles. The second-order valence-corrected chi connectivity index (χ2v) is 4.50. The van der Waals surface area contributed by atoms with E-state index in [1.54, 1.807) is 6.07 Å². The lowest BCUT2D eigenvalue weighted by Crippen LogP contribution is -2.22. The highest BCUT2D eigenvalue weighted by atomic mass is 35.5. The van der Waals surface area contributed by atoms with Gasteiger partial charge in [-0.2, -0.15) is 0 Å². The van der Waals surface area contributed by atoms with Gasteiger partial charge in [0.2, 0.25) is 0 Å². The fourth-order valence-corrected chi connectivity index (χ4v) is 1.72. The van der Waals surface area contributed by atoms with Crippen molar-refractivity contribution in [1.82, 2.24) is 0 Å². The molecule has 2 N–H and O–H groups in total. The summed E-state index contributed by atoms with van der Waals surface area (Å²) >= 11 is 6.03. The third-order valence-electron chi connectivity index (χ3n) is 2.57. The van der Waals surface area contributed by atoms with Crippen molar-refractivity contribution >= 4 is 24.0 Å². The van der Waals surface area contributed by atoms with Gasteiger partial charge in [0, 0.05) is 12.1 Å². The van der Waals surface area contributed by atoms with E-state index in [0.29, 0.717) is 29.4 Å². The molecule has 1 atom stereocenters. The predicted octanol–water partition coefficient (Wildman–Crippen LogP) is 3.97. The van der Waals surface area contributed by atoms with Gasteiger partial charge in [-0.05, 0) is 30.9 Å². The largest absolute Gasteiger partial charge is 0.492 e. The summed E-state index contributed by atoms with van der Waals surface area (Å²) in [4.78, 5) is 0. The summed E-state index contributed by atoms with van der Waals surface area (Å²) in [5, 5.41) is 0.443. The van der Waals surface area contributed by atoms with Crippen LogP contribution >= 0.6 is 24.0 Å². The van der Waals surface area contributed by atoms with E-state index in [1.165, 1.54) is 6.07 Å². The van der Waals surface area contributed by atoms with Crippen molar-refractivity contribution in [2.75, 3.05) is 6.61 Å². The molecule has 0 amide bonds. The van der Waals surface area contributed by atoms with E-state index in [1.807, 2.05) is 13.8 Å². The summed E-state index contributed by atoms with van der Waals surface area (Å²) < 4.78 is 19.1. The number of halogens is 3. The Morgan fingerprint density at radius 2 is 2.06 bits per heavy atom. The monoisotopic (exact) mass is 295 g/mol. The molecule has 1 aromatic carbocycles. The second kappa shape index (κ2) is 8.57. The molecule has 2 nitrogen and oxygen atoms in total. The average molecular weight is 296 g/mol. The Kier molecular flexibility index (Phi) is 8.32. The van der Waals surface area contributed by atoms with Gasteiger partial charge >= 0.3 is 0 Å². The summed E-state index contributed by atoms with van der Waals surface area (Å²) in [6, 6.07) is 2.91. The molecule has 0 fully saturated rings. The molecule has 5 heteroatoms. The van der Waals surface area contributed by atoms with Crippen molar-refractivity contribution in [2.24, 2.45) is 5.73 Å². The van der Waals surface area contributed by atoms with Crippen LogP contribution in [0.5, 0.6) is 5.75 Å². The number of ether oxygens (including phenoxy) is 1. The first-order chi connectivity index (χ1) is 8.08. The van der Waals surface area contributed by atoms with Crippen molar-refractivity contribution in [2.45, 2.75) is 39.2 Å². The van der Waals surface area contributed by atoms with E-state index in [9.17, 15) is 4.39 Å². The topological polar surface area (TPSA) is 35.2 Å². The Morgan fingerprint density at radius 3 is 2.61 bits per heavy atom. The van der Waals surface area contributed by atoms with Gasteiger partial charge in [0.05, 0.1) is 11.6 Å². The van der Waals surface area contributed by atoms with E-state index in [2.05, 4.69) is 0 Å². The molecule has 0 bridgehead atoms. The van der Waals surface area contributed by atoms with Crippen LogP contribution in [0.1, 0.15) is 32.3 Å². The van der Waals surface area contributed by atoms with Crippen molar-refractivity contribution in [3.8, 4) is 5.75 Å². The molecule has 104 valence electrons. The number of hydrogen-bond acceptors (Lipinski definition) is 2. The van der Waals surface area contributed by atoms with Gasteiger partial charge in [-0.1, -0.05) is 25.4 Å². The number of benzene rings is 1. The lowest BCUT2D eigenvalue weighted by atomic mass is 10.0. The average Bonchev–Trinajstić information content (AvgIpc) is 2.31. The maximum atomic E-state index is 13.8. The van der Waals surface area contributed by atoms with Gasteiger partial charge in [0.25, 0.3) is 0 Å². The number of rotatable bonds is 6. The van der Waals surface area contributed by atoms with Gasteiger partial charge in [-0.25, -0.2) is 4.39 Å². The molecule has 0 saturated carbocycles. The van der Waals surface area contributed by atoms with Crippen molar-refractivity contribution in [3.05, 3.63) is 28.5 Å². The lowest BCUT2D eigenvalue weighted by Gasteiger charge is -2.12. The Labute approximate surface area is 119 Å². The minimum atomic E-state index is -0.301. The van der Waals surface area contributed by atoms with E-state index in [4.69, 9.17) is 22.1 Å². The Bertz CT molecular complexity index is 374. The predicted molar refractivity (Wildman–Crippen MR) is 76.4 cm³/mol. The van der Waals surface area contributed by atoms with Crippen molar-refractivity contribution in [3.63, 3.8) is 0 Å². The third-order valence-corrected chi connectivity index (χ3v) is 2.86. The smallest absolute Gasteiger partial charge is 0.140 e. The zero-order valence-corrected chi connectivity index (χ0v) is 12.3. The molecule has 18 heavy (non-hydrogen) atoms. The van der Waals surface area contributed by atoms with Gasteiger partial charge in [-0.3, -0.25) is 0 Å². The van der Waals surface area contributed by atoms with Crippen molar-refractivity contribution in [1.29, 1.82) is 0 Å². The summed E-state index contributed by atoms with van der Waals surface area (Å²) in [5.74, 6) is 0.101. The van der Waals surface area contributed by atoms with Crippen LogP contribution in [-0.2, 0) is 6.42 Å². The van der Waals surface area contributed by atoms with Crippen LogP contribution < -0.4 is 10.5 Å². The SMILES string of the molecule is CCCOc1cc(F)c(CC(N)CC)cc1Cl.Cl. The molecule has 1 unspecified atom stereocenters. The second-order valence-electron chi connectivity index (χ2n) is 4.09. The zero-order chi connectivity index (χ0) is 12.8. The third kappa shape index (κ3) is 5.01. The molecule has 0 spiro atoms. The highest BCUT2D eigenvalue weighted by Gasteiger charge is 2.12. The molecular formula is C13H20Cl2FNO. The Balaban J connectivity index is 0.00000289. The summed E-state index contributed by atoms with van der Waals surface area (Å²) in [6.45, 7) is 4.49. The zero-order valence-electron chi connectivity index (χ0n) is 10.7. The van der Waals surface area contributed by atoms with Crippen LogP contribution in [0.15, 0.2) is 12.1 Å². The maximum Gasteiger partial charge on any atom is 0.140 e. The van der Waals surface area contributed by atoms with E-state index >= 15 is 0 Å². The molecule has 0 aliphatic rings. The first-order valence-corrected chi connectivity index (χ1v) is 6.32. The van der Waals surface area contributed by atoms with Crippen molar-refractivity contribution < 1.29 is 9.13 Å². The number of nitrogens with two attached hydrogens (primary N) is 1. The highest BCUT2D eigenvalue weighted by Crippen LogP contribution is 2.28. The van der Waals surface area contributed by atoms with Crippen LogP contribution in [0.25, 0.3) is 0 Å². The maximum absolute atomic E-state index is 13.8. The van der Waals surface area contributed by atoms with E-state index in [-0.39, 0.29) is 24.3 Å². The number of hydrogen-bond donors (Lipinski definition) is 1. The molecule has 1 aromatic rings. The Hall–Kier alpha value is -0.510. The molecule has 0 aliphatic heterocycles. The first-order valence-electron chi connectivity index (χ1n) is 5.94. The van der Waals surface area contributed by atoms with Gasteiger partial charge < -0.3 is 10.5 Å². The first kappa shape index (κ1) is 17.5. The minimum Gasteiger partial charge on any atom is -0.492 e. The summed E-state index contributed by atoms with van der Waals surface area (Å²) in [7, 11) is 0. The van der Waals surface area contributed by atoms with E-state index in [0.717, 1.165) is 12.8 Å². The van der Waals surface area contributed by atoms with E-state index < -0.39 is 0 Å². The van der Waals surface area contributed by atoms with Crippen LogP contribution in [0.3, 0.4) is 0 Å². The lowest BCUT2D eigenvalue weighted by molar-refractivity contribution is 0.315. The summed E-state index contributed by atoms with van der Waals surface area (Å²) in [5.41, 5.74) is 6.35. The highest BCUT2D eigenvalue weighted by molar-refractivity contribution is 6.32. The fraction of sp³-hybridized carbons (Fsp3) is 0.538. The molecular weight excluding hydrogens is 276 g/mol. The van der Waals surface area contributed by atoms with Gasteiger partial charge in [0.15, 0.2) is 0 Å². The van der Waals surface area contributed by atoms with Gasteiger partial charge in [0.1, 0.15) is 11.6 Å². The molecule has 1 rings (SSSR count). The quantitative estimate of drug-likeness (QED) is 0.862. The standard InChI is InChI=1S/C13H19ClFNO.ClH/c1-3-5-17-13-8-12(15)9(7-11(13)14)6-10(16)4-2;/h7-8,10H,3-6,16H2,1-2H3;1H. The summed E-state index contributed by atoms with van der Waals surface area (Å²) in [6.07, 6.45) is 2.17. The minimum absolute atomic E-state index is 0.